The molecule has 1 heterocycles. The summed E-state index contributed by atoms with van der Waals surface area (Å²) in [5.41, 5.74) is -1.09. The molecule has 18 heavy (non-hydrogen) atoms. The number of rotatable bonds is 3. The Balaban J connectivity index is 2.47. The molecule has 0 bridgehead atoms. The molecule has 98 valence electrons. The summed E-state index contributed by atoms with van der Waals surface area (Å²) >= 11 is 11.9. The highest BCUT2D eigenvalue weighted by atomic mass is 35.5. The molecule has 1 aliphatic rings. The maximum Gasteiger partial charge on any atom is 0.346 e. The standard InChI is InChI=1S/C13H14Cl2O3/c1-4-17-11(16)13(12(2,3)18-13)8-5-9(14)7-10(15)6-8/h5-7H,4H2,1-3H3. The van der Waals surface area contributed by atoms with E-state index < -0.39 is 17.2 Å². The van der Waals surface area contributed by atoms with E-state index in [1.54, 1.807) is 25.1 Å². The first-order valence-corrected chi connectivity index (χ1v) is 6.43. The van der Waals surface area contributed by atoms with Crippen molar-refractivity contribution in [3.63, 3.8) is 0 Å². The van der Waals surface area contributed by atoms with Gasteiger partial charge >= 0.3 is 5.97 Å². The monoisotopic (exact) mass is 288 g/mol. The summed E-state index contributed by atoms with van der Waals surface area (Å²) in [5, 5.41) is 0.931. The fourth-order valence-corrected chi connectivity index (χ4v) is 2.68. The molecule has 0 aliphatic carbocycles. The summed E-state index contributed by atoms with van der Waals surface area (Å²) in [6.07, 6.45) is 0. The molecule has 1 aromatic rings. The number of ether oxygens (including phenoxy) is 2. The highest BCUT2D eigenvalue weighted by molar-refractivity contribution is 6.34. The van der Waals surface area contributed by atoms with Crippen molar-refractivity contribution in [3.8, 4) is 0 Å². The van der Waals surface area contributed by atoms with Crippen molar-refractivity contribution in [2.75, 3.05) is 6.61 Å². The molecule has 0 radical (unpaired) electrons. The van der Waals surface area contributed by atoms with Crippen LogP contribution >= 0.6 is 23.2 Å². The lowest BCUT2D eigenvalue weighted by Gasteiger charge is -2.15. The van der Waals surface area contributed by atoms with Crippen LogP contribution in [-0.2, 0) is 19.9 Å². The van der Waals surface area contributed by atoms with Gasteiger partial charge in [0.15, 0.2) is 0 Å². The Kier molecular flexibility index (Phi) is 3.34. The number of hydrogen-bond donors (Lipinski definition) is 0. The van der Waals surface area contributed by atoms with Gasteiger partial charge in [-0.15, -0.1) is 0 Å². The van der Waals surface area contributed by atoms with Crippen molar-refractivity contribution in [2.24, 2.45) is 0 Å². The van der Waals surface area contributed by atoms with Gasteiger partial charge in [0, 0.05) is 15.6 Å². The third-order valence-electron chi connectivity index (χ3n) is 3.05. The predicted molar refractivity (Wildman–Crippen MR) is 69.9 cm³/mol. The lowest BCUT2D eigenvalue weighted by atomic mass is 9.88. The average Bonchev–Trinajstić information content (AvgIpc) is 2.82. The van der Waals surface area contributed by atoms with E-state index in [9.17, 15) is 4.79 Å². The second-order valence-corrected chi connectivity index (χ2v) is 5.55. The number of epoxide rings is 1. The Labute approximate surface area is 116 Å². The minimum atomic E-state index is -1.10. The summed E-state index contributed by atoms with van der Waals surface area (Å²) in [4.78, 5) is 12.1. The number of benzene rings is 1. The lowest BCUT2D eigenvalue weighted by Crippen LogP contribution is -2.30. The van der Waals surface area contributed by atoms with E-state index in [1.165, 1.54) is 0 Å². The molecular formula is C13H14Cl2O3. The SMILES string of the molecule is CCOC(=O)C1(c2cc(Cl)cc(Cl)c2)OC1(C)C. The molecule has 0 amide bonds. The summed E-state index contributed by atoms with van der Waals surface area (Å²) in [7, 11) is 0. The van der Waals surface area contributed by atoms with Crippen LogP contribution in [0.3, 0.4) is 0 Å². The first-order chi connectivity index (χ1) is 8.33. The normalized spacial score (nSPS) is 24.7. The number of hydrogen-bond acceptors (Lipinski definition) is 3. The maximum atomic E-state index is 12.1. The van der Waals surface area contributed by atoms with Gasteiger partial charge in [-0.3, -0.25) is 0 Å². The molecule has 1 saturated heterocycles. The van der Waals surface area contributed by atoms with Crippen LogP contribution in [0.5, 0.6) is 0 Å². The molecule has 1 aliphatic heterocycles. The number of halogens is 2. The highest BCUT2D eigenvalue weighted by Gasteiger charge is 2.71. The van der Waals surface area contributed by atoms with Gasteiger partial charge in [-0.2, -0.15) is 0 Å². The summed E-state index contributed by atoms with van der Waals surface area (Å²) in [6, 6.07) is 4.97. The van der Waals surface area contributed by atoms with Gasteiger partial charge in [0.05, 0.1) is 6.61 Å². The van der Waals surface area contributed by atoms with Crippen molar-refractivity contribution < 1.29 is 14.3 Å². The van der Waals surface area contributed by atoms with Crippen LogP contribution in [0.4, 0.5) is 0 Å². The van der Waals surface area contributed by atoms with Crippen LogP contribution in [0, 0.1) is 0 Å². The number of carbonyl (C=O) groups is 1. The minimum Gasteiger partial charge on any atom is -0.464 e. The molecule has 1 atom stereocenters. The third-order valence-corrected chi connectivity index (χ3v) is 3.48. The molecule has 1 fully saturated rings. The van der Waals surface area contributed by atoms with Crippen molar-refractivity contribution in [2.45, 2.75) is 32.0 Å². The minimum absolute atomic E-state index is 0.300. The van der Waals surface area contributed by atoms with Crippen LogP contribution in [-0.4, -0.2) is 18.2 Å². The van der Waals surface area contributed by atoms with Gasteiger partial charge < -0.3 is 9.47 Å². The molecule has 0 aromatic heterocycles. The molecule has 1 aromatic carbocycles. The quantitative estimate of drug-likeness (QED) is 0.631. The zero-order chi connectivity index (χ0) is 13.6. The van der Waals surface area contributed by atoms with Crippen LogP contribution in [0.15, 0.2) is 18.2 Å². The molecular weight excluding hydrogens is 275 g/mol. The smallest absolute Gasteiger partial charge is 0.346 e. The predicted octanol–water partition coefficient (Wildman–Crippen LogP) is 3.56. The summed E-state index contributed by atoms with van der Waals surface area (Å²) < 4.78 is 10.7. The Bertz CT molecular complexity index is 479. The van der Waals surface area contributed by atoms with E-state index in [4.69, 9.17) is 32.7 Å². The van der Waals surface area contributed by atoms with Crippen LogP contribution < -0.4 is 0 Å². The van der Waals surface area contributed by atoms with Gasteiger partial charge in [0.2, 0.25) is 5.60 Å². The Morgan fingerprint density at radius 3 is 2.17 bits per heavy atom. The summed E-state index contributed by atoms with van der Waals surface area (Å²) in [5.74, 6) is -0.409. The van der Waals surface area contributed by atoms with E-state index in [2.05, 4.69) is 0 Å². The number of esters is 1. The van der Waals surface area contributed by atoms with E-state index in [-0.39, 0.29) is 0 Å². The Morgan fingerprint density at radius 2 is 1.78 bits per heavy atom. The Hall–Kier alpha value is -0.770. The van der Waals surface area contributed by atoms with Crippen LogP contribution in [0.1, 0.15) is 26.3 Å². The van der Waals surface area contributed by atoms with E-state index >= 15 is 0 Å². The van der Waals surface area contributed by atoms with Gasteiger partial charge in [-0.25, -0.2) is 4.79 Å². The highest BCUT2D eigenvalue weighted by Crippen LogP contribution is 2.56. The van der Waals surface area contributed by atoms with Crippen LogP contribution in [0.25, 0.3) is 0 Å². The van der Waals surface area contributed by atoms with E-state index in [1.807, 2.05) is 13.8 Å². The fraction of sp³-hybridized carbons (Fsp3) is 0.462. The Morgan fingerprint density at radius 1 is 1.28 bits per heavy atom. The third kappa shape index (κ3) is 2.00. The first kappa shape index (κ1) is 13.7. The van der Waals surface area contributed by atoms with Crippen molar-refractivity contribution in [1.82, 2.24) is 0 Å². The van der Waals surface area contributed by atoms with E-state index in [0.29, 0.717) is 22.2 Å². The van der Waals surface area contributed by atoms with E-state index in [0.717, 1.165) is 0 Å². The lowest BCUT2D eigenvalue weighted by molar-refractivity contribution is -0.150. The van der Waals surface area contributed by atoms with Crippen molar-refractivity contribution in [3.05, 3.63) is 33.8 Å². The van der Waals surface area contributed by atoms with Gasteiger partial charge in [0.1, 0.15) is 5.60 Å². The van der Waals surface area contributed by atoms with Crippen LogP contribution in [0.2, 0.25) is 10.0 Å². The first-order valence-electron chi connectivity index (χ1n) is 5.67. The molecule has 0 N–H and O–H groups in total. The zero-order valence-corrected chi connectivity index (χ0v) is 11.9. The average molecular weight is 289 g/mol. The van der Waals surface area contributed by atoms with Gasteiger partial charge in [-0.05, 0) is 39.0 Å². The van der Waals surface area contributed by atoms with Crippen molar-refractivity contribution in [1.29, 1.82) is 0 Å². The maximum absolute atomic E-state index is 12.1. The van der Waals surface area contributed by atoms with Gasteiger partial charge in [-0.1, -0.05) is 23.2 Å². The molecule has 1 unspecified atom stereocenters. The molecule has 0 saturated carbocycles. The zero-order valence-electron chi connectivity index (χ0n) is 10.4. The molecule has 2 rings (SSSR count). The summed E-state index contributed by atoms with van der Waals surface area (Å²) in [6.45, 7) is 5.72. The second kappa shape index (κ2) is 4.41. The second-order valence-electron chi connectivity index (χ2n) is 4.67. The molecule has 0 spiro atoms. The topological polar surface area (TPSA) is 38.8 Å². The van der Waals surface area contributed by atoms with Gasteiger partial charge in [0.25, 0.3) is 0 Å². The fourth-order valence-electron chi connectivity index (χ4n) is 2.16. The van der Waals surface area contributed by atoms with Crippen molar-refractivity contribution >= 4 is 29.2 Å². The number of carbonyl (C=O) groups excluding carboxylic acids is 1. The molecule has 5 heteroatoms. The largest absolute Gasteiger partial charge is 0.464 e. The molecule has 3 nitrogen and oxygen atoms in total.